The first kappa shape index (κ1) is 19.9. The summed E-state index contributed by atoms with van der Waals surface area (Å²) >= 11 is 5.95. The molecule has 1 aromatic heterocycles. The number of carbonyl (C=O) groups excluding carboxylic acids is 1. The minimum absolute atomic E-state index is 0.0746. The number of aliphatic hydroxyl groups excluding tert-OH is 1. The average molecular weight is 400 g/mol. The van der Waals surface area contributed by atoms with Crippen molar-refractivity contribution in [1.29, 1.82) is 0 Å². The molecule has 0 spiro atoms. The second kappa shape index (κ2) is 8.46. The monoisotopic (exact) mass is 399 g/mol. The number of aliphatic hydroxyl groups is 1. The summed E-state index contributed by atoms with van der Waals surface area (Å²) in [6.45, 7) is 3.91. The smallest absolute Gasteiger partial charge is 0.322 e. The van der Waals surface area contributed by atoms with E-state index in [0.717, 1.165) is 22.0 Å². The fourth-order valence-electron chi connectivity index (χ4n) is 3.04. The predicted molar refractivity (Wildman–Crippen MR) is 112 cm³/mol. The molecule has 3 aromatic rings. The summed E-state index contributed by atoms with van der Waals surface area (Å²) in [5.74, 6) is 0. The molecule has 0 atom stereocenters. The van der Waals surface area contributed by atoms with E-state index in [2.05, 4.69) is 10.3 Å². The summed E-state index contributed by atoms with van der Waals surface area (Å²) < 4.78 is 0. The van der Waals surface area contributed by atoms with Gasteiger partial charge in [-0.15, -0.1) is 0 Å². The summed E-state index contributed by atoms with van der Waals surface area (Å²) in [6.07, 6.45) is 0. The van der Waals surface area contributed by atoms with Gasteiger partial charge in [-0.25, -0.2) is 4.79 Å². The maximum atomic E-state index is 12.6. The number of rotatable bonds is 5. The Morgan fingerprint density at radius 2 is 2.00 bits per heavy atom. The van der Waals surface area contributed by atoms with Crippen LogP contribution < -0.4 is 10.9 Å². The maximum Gasteiger partial charge on any atom is 0.322 e. The Labute approximate surface area is 167 Å². The molecule has 3 N–H and O–H groups in total. The molecule has 2 aromatic carbocycles. The number of anilines is 1. The molecule has 146 valence electrons. The van der Waals surface area contributed by atoms with Crippen LogP contribution in [0.15, 0.2) is 47.3 Å². The lowest BCUT2D eigenvalue weighted by molar-refractivity contribution is 0.185. The Balaban J connectivity index is 1.87. The van der Waals surface area contributed by atoms with Crippen LogP contribution in [0.4, 0.5) is 10.5 Å². The van der Waals surface area contributed by atoms with Crippen molar-refractivity contribution in [2.45, 2.75) is 20.4 Å². The lowest BCUT2D eigenvalue weighted by atomic mass is 10.0. The van der Waals surface area contributed by atoms with Crippen LogP contribution in [0, 0.1) is 13.8 Å². The van der Waals surface area contributed by atoms with Crippen LogP contribution in [0.3, 0.4) is 0 Å². The van der Waals surface area contributed by atoms with Crippen molar-refractivity contribution in [2.75, 3.05) is 18.5 Å². The molecule has 0 unspecified atom stereocenters. The van der Waals surface area contributed by atoms with Crippen molar-refractivity contribution in [2.24, 2.45) is 0 Å². The van der Waals surface area contributed by atoms with E-state index in [0.29, 0.717) is 16.3 Å². The normalized spacial score (nSPS) is 10.9. The Bertz CT molecular complexity index is 1080. The van der Waals surface area contributed by atoms with Crippen molar-refractivity contribution in [3.63, 3.8) is 0 Å². The SMILES string of the molecule is Cc1ccc2cc(CN(CCO)C(=O)Nc3cccc(Cl)c3)c(=O)[nH]c2c1C. The number of carbonyl (C=O) groups is 1. The van der Waals surface area contributed by atoms with Crippen LogP contribution in [-0.2, 0) is 6.54 Å². The number of hydrogen-bond donors (Lipinski definition) is 3. The van der Waals surface area contributed by atoms with Gasteiger partial charge in [0.2, 0.25) is 0 Å². The molecular formula is C21H22ClN3O3. The summed E-state index contributed by atoms with van der Waals surface area (Å²) in [4.78, 5) is 29.5. The molecule has 3 rings (SSSR count). The second-order valence-electron chi connectivity index (χ2n) is 6.68. The van der Waals surface area contributed by atoms with E-state index in [1.165, 1.54) is 4.90 Å². The van der Waals surface area contributed by atoms with E-state index in [-0.39, 0.29) is 25.3 Å². The zero-order valence-electron chi connectivity index (χ0n) is 15.8. The van der Waals surface area contributed by atoms with Gasteiger partial charge >= 0.3 is 6.03 Å². The van der Waals surface area contributed by atoms with Crippen LogP contribution in [0.5, 0.6) is 0 Å². The van der Waals surface area contributed by atoms with Gasteiger partial charge in [-0.3, -0.25) is 4.79 Å². The number of aryl methyl sites for hydroxylation is 2. The standard InChI is InChI=1S/C21H22ClN3O3/c1-13-6-7-15-10-16(20(27)24-19(15)14(13)2)12-25(8-9-26)21(28)23-18-5-3-4-17(22)11-18/h3-7,10-11,26H,8-9,12H2,1-2H3,(H,23,28)(H,24,27). The quantitative estimate of drug-likeness (QED) is 0.609. The molecule has 0 aliphatic heterocycles. The molecule has 0 aliphatic rings. The van der Waals surface area contributed by atoms with E-state index in [1.807, 2.05) is 26.0 Å². The third-order valence-electron chi connectivity index (χ3n) is 4.72. The van der Waals surface area contributed by atoms with Gasteiger partial charge in [0.25, 0.3) is 5.56 Å². The molecule has 0 fully saturated rings. The molecule has 7 heteroatoms. The Hall–Kier alpha value is -2.83. The first-order chi connectivity index (χ1) is 13.4. The Kier molecular flexibility index (Phi) is 6.02. The molecule has 0 aliphatic carbocycles. The lowest BCUT2D eigenvalue weighted by Crippen LogP contribution is -2.38. The molecule has 1 heterocycles. The van der Waals surface area contributed by atoms with Gasteiger partial charge in [0.05, 0.1) is 18.7 Å². The molecule has 0 saturated carbocycles. The summed E-state index contributed by atoms with van der Waals surface area (Å²) in [5.41, 5.74) is 3.65. The van der Waals surface area contributed by atoms with E-state index in [9.17, 15) is 14.7 Å². The highest BCUT2D eigenvalue weighted by Crippen LogP contribution is 2.20. The number of amides is 2. The van der Waals surface area contributed by atoms with Crippen molar-refractivity contribution < 1.29 is 9.90 Å². The Morgan fingerprint density at radius 3 is 2.71 bits per heavy atom. The maximum absolute atomic E-state index is 12.6. The van der Waals surface area contributed by atoms with Gasteiger partial charge in [-0.2, -0.15) is 0 Å². The zero-order chi connectivity index (χ0) is 20.3. The molecular weight excluding hydrogens is 378 g/mol. The average Bonchev–Trinajstić information content (AvgIpc) is 2.65. The number of H-pyrrole nitrogens is 1. The zero-order valence-corrected chi connectivity index (χ0v) is 16.5. The van der Waals surface area contributed by atoms with E-state index >= 15 is 0 Å². The first-order valence-electron chi connectivity index (χ1n) is 8.93. The highest BCUT2D eigenvalue weighted by molar-refractivity contribution is 6.30. The second-order valence-corrected chi connectivity index (χ2v) is 7.12. The van der Waals surface area contributed by atoms with Crippen molar-refractivity contribution in [1.82, 2.24) is 9.88 Å². The van der Waals surface area contributed by atoms with Crippen LogP contribution in [0.1, 0.15) is 16.7 Å². The fraction of sp³-hybridized carbons (Fsp3) is 0.238. The lowest BCUT2D eigenvalue weighted by Gasteiger charge is -2.22. The summed E-state index contributed by atoms with van der Waals surface area (Å²) in [7, 11) is 0. The summed E-state index contributed by atoms with van der Waals surface area (Å²) in [6, 6.07) is 12.1. The van der Waals surface area contributed by atoms with Gasteiger partial charge in [-0.1, -0.05) is 29.8 Å². The first-order valence-corrected chi connectivity index (χ1v) is 9.31. The number of pyridine rings is 1. The minimum atomic E-state index is -0.420. The van der Waals surface area contributed by atoms with Crippen LogP contribution >= 0.6 is 11.6 Å². The van der Waals surface area contributed by atoms with E-state index in [1.54, 1.807) is 30.3 Å². The number of hydrogen-bond acceptors (Lipinski definition) is 3. The Morgan fingerprint density at radius 1 is 1.21 bits per heavy atom. The molecule has 6 nitrogen and oxygen atoms in total. The van der Waals surface area contributed by atoms with Crippen molar-refractivity contribution >= 4 is 34.2 Å². The molecule has 0 bridgehead atoms. The number of fused-ring (bicyclic) bond motifs is 1. The number of aromatic amines is 1. The predicted octanol–water partition coefficient (Wildman–Crippen LogP) is 3.82. The highest BCUT2D eigenvalue weighted by atomic mass is 35.5. The number of nitrogens with one attached hydrogen (secondary N) is 2. The number of aromatic nitrogens is 1. The number of halogens is 1. The summed E-state index contributed by atoms with van der Waals surface area (Å²) in [5, 5.41) is 13.5. The van der Waals surface area contributed by atoms with Crippen LogP contribution in [0.2, 0.25) is 5.02 Å². The molecule has 2 amide bonds. The van der Waals surface area contributed by atoms with Gasteiger partial charge in [0, 0.05) is 22.8 Å². The van der Waals surface area contributed by atoms with Crippen LogP contribution in [0.25, 0.3) is 10.9 Å². The van der Waals surface area contributed by atoms with Gasteiger partial charge in [0.1, 0.15) is 0 Å². The number of benzene rings is 2. The van der Waals surface area contributed by atoms with Gasteiger partial charge in [0.15, 0.2) is 0 Å². The van der Waals surface area contributed by atoms with Gasteiger partial charge < -0.3 is 20.3 Å². The van der Waals surface area contributed by atoms with E-state index < -0.39 is 6.03 Å². The minimum Gasteiger partial charge on any atom is -0.395 e. The largest absolute Gasteiger partial charge is 0.395 e. The van der Waals surface area contributed by atoms with Crippen molar-refractivity contribution in [3.05, 3.63) is 74.5 Å². The molecule has 0 saturated heterocycles. The van der Waals surface area contributed by atoms with Crippen LogP contribution in [-0.4, -0.2) is 34.2 Å². The highest BCUT2D eigenvalue weighted by Gasteiger charge is 2.16. The molecule has 0 radical (unpaired) electrons. The topological polar surface area (TPSA) is 85.4 Å². The van der Waals surface area contributed by atoms with E-state index in [4.69, 9.17) is 11.6 Å². The fourth-order valence-corrected chi connectivity index (χ4v) is 3.23. The molecule has 28 heavy (non-hydrogen) atoms. The number of urea groups is 1. The third-order valence-corrected chi connectivity index (χ3v) is 4.96. The third kappa shape index (κ3) is 4.35. The van der Waals surface area contributed by atoms with Crippen molar-refractivity contribution in [3.8, 4) is 0 Å². The van der Waals surface area contributed by atoms with Gasteiger partial charge in [-0.05, 0) is 54.6 Å². The number of nitrogens with zero attached hydrogens (tertiary/aromatic N) is 1.